The Balaban J connectivity index is 1.50. The molecule has 28 heavy (non-hydrogen) atoms. The minimum Gasteiger partial charge on any atom is -0.481 e. The largest absolute Gasteiger partial charge is 0.481 e. The van der Waals surface area contributed by atoms with E-state index in [2.05, 4.69) is 32.9 Å². The number of carboxylic acids is 1. The Labute approximate surface area is 169 Å². The molecule has 0 amide bonds. The zero-order chi connectivity index (χ0) is 20.2. The molecule has 4 heteroatoms. The van der Waals surface area contributed by atoms with E-state index < -0.39 is 5.97 Å². The average molecular weight is 389 g/mol. The zero-order valence-electron chi connectivity index (χ0n) is 17.8. The third kappa shape index (κ3) is 3.11. The molecule has 4 nitrogen and oxygen atoms in total. The molecule has 0 aromatic heterocycles. The molecule has 156 valence electrons. The molecule has 0 aliphatic heterocycles. The van der Waals surface area contributed by atoms with Crippen LogP contribution in [0.15, 0.2) is 12.2 Å². The first-order valence-electron chi connectivity index (χ1n) is 11.2. The van der Waals surface area contributed by atoms with Gasteiger partial charge in [0.25, 0.3) is 0 Å². The van der Waals surface area contributed by atoms with Crippen LogP contribution < -0.4 is 0 Å². The molecule has 2 bridgehead atoms. The Morgan fingerprint density at radius 1 is 1.00 bits per heavy atom. The van der Waals surface area contributed by atoms with Crippen LogP contribution in [0.1, 0.15) is 85.0 Å². The number of fused-ring (bicyclic) bond motifs is 3. The van der Waals surface area contributed by atoms with Gasteiger partial charge in [-0.2, -0.15) is 0 Å². The molecule has 0 aromatic carbocycles. The van der Waals surface area contributed by atoms with Crippen LogP contribution in [0.2, 0.25) is 0 Å². The summed E-state index contributed by atoms with van der Waals surface area (Å²) < 4.78 is 5.62. The smallest absolute Gasteiger partial charge is 0.306 e. The lowest BCUT2D eigenvalue weighted by atomic mass is 9.40. The Hall–Kier alpha value is -1.32. The molecule has 3 saturated carbocycles. The van der Waals surface area contributed by atoms with Gasteiger partial charge < -0.3 is 9.84 Å². The van der Waals surface area contributed by atoms with Crippen LogP contribution in [0.25, 0.3) is 0 Å². The molecule has 0 saturated heterocycles. The maximum absolute atomic E-state index is 12.0. The van der Waals surface area contributed by atoms with Crippen molar-refractivity contribution in [3.05, 3.63) is 12.2 Å². The van der Waals surface area contributed by atoms with Crippen molar-refractivity contribution in [1.82, 2.24) is 0 Å². The van der Waals surface area contributed by atoms with Gasteiger partial charge in [0.2, 0.25) is 0 Å². The van der Waals surface area contributed by atoms with Crippen LogP contribution in [-0.4, -0.2) is 23.7 Å². The van der Waals surface area contributed by atoms with E-state index in [0.29, 0.717) is 28.8 Å². The Bertz CT molecular complexity index is 699. The second-order valence-electron chi connectivity index (χ2n) is 11.1. The maximum Gasteiger partial charge on any atom is 0.306 e. The van der Waals surface area contributed by atoms with Crippen molar-refractivity contribution in [1.29, 1.82) is 0 Å². The quantitative estimate of drug-likeness (QED) is 0.508. The molecule has 0 radical (unpaired) electrons. The average Bonchev–Trinajstić information content (AvgIpc) is 2.87. The molecular formula is C24H36O4. The maximum atomic E-state index is 12.0. The highest BCUT2D eigenvalue weighted by atomic mass is 16.5. The van der Waals surface area contributed by atoms with Crippen molar-refractivity contribution in [2.75, 3.05) is 6.61 Å². The number of carbonyl (C=O) groups excluding carboxylic acids is 1. The van der Waals surface area contributed by atoms with Crippen LogP contribution in [0.4, 0.5) is 0 Å². The molecule has 4 aliphatic carbocycles. The summed E-state index contributed by atoms with van der Waals surface area (Å²) in [6.45, 7) is 7.72. The summed E-state index contributed by atoms with van der Waals surface area (Å²) in [5.41, 5.74) is 1.14. The summed E-state index contributed by atoms with van der Waals surface area (Å²) in [6, 6.07) is 0. The van der Waals surface area contributed by atoms with E-state index in [1.54, 1.807) is 0 Å². The van der Waals surface area contributed by atoms with E-state index >= 15 is 0 Å². The third-order valence-electron chi connectivity index (χ3n) is 9.15. The topological polar surface area (TPSA) is 63.6 Å². The predicted molar refractivity (Wildman–Crippen MR) is 108 cm³/mol. The van der Waals surface area contributed by atoms with E-state index in [0.717, 1.165) is 12.3 Å². The van der Waals surface area contributed by atoms with Crippen LogP contribution >= 0.6 is 0 Å². The lowest BCUT2D eigenvalue weighted by Crippen LogP contribution is -2.58. The first kappa shape index (κ1) is 20.0. The lowest BCUT2D eigenvalue weighted by molar-refractivity contribution is -0.172. The van der Waals surface area contributed by atoms with Gasteiger partial charge in [0.05, 0.1) is 19.4 Å². The van der Waals surface area contributed by atoms with Gasteiger partial charge in [0.1, 0.15) is 0 Å². The first-order valence-corrected chi connectivity index (χ1v) is 11.2. The first-order chi connectivity index (χ1) is 13.1. The van der Waals surface area contributed by atoms with Crippen LogP contribution in [-0.2, 0) is 14.3 Å². The van der Waals surface area contributed by atoms with Gasteiger partial charge in [-0.05, 0) is 73.0 Å². The van der Waals surface area contributed by atoms with Gasteiger partial charge >= 0.3 is 11.9 Å². The number of carbonyl (C=O) groups is 2. The lowest BCUT2D eigenvalue weighted by Gasteiger charge is -2.64. The predicted octanol–water partition coefficient (Wildman–Crippen LogP) is 5.36. The van der Waals surface area contributed by atoms with Gasteiger partial charge in [-0.15, -0.1) is 0 Å². The highest BCUT2D eigenvalue weighted by Gasteiger charge is 2.63. The molecule has 1 N–H and O–H groups in total. The normalized spacial score (nSPS) is 46.5. The van der Waals surface area contributed by atoms with Crippen LogP contribution in [0, 0.1) is 33.5 Å². The van der Waals surface area contributed by atoms with Gasteiger partial charge in [0, 0.05) is 5.41 Å². The van der Waals surface area contributed by atoms with Crippen molar-refractivity contribution in [3.8, 4) is 0 Å². The summed E-state index contributed by atoms with van der Waals surface area (Å²) in [6.07, 6.45) is 15.0. The fraction of sp³-hybridized carbons (Fsp3) is 0.833. The van der Waals surface area contributed by atoms with Crippen molar-refractivity contribution in [2.24, 2.45) is 33.5 Å². The summed E-state index contributed by atoms with van der Waals surface area (Å²) in [7, 11) is 0. The Morgan fingerprint density at radius 2 is 1.75 bits per heavy atom. The zero-order valence-corrected chi connectivity index (χ0v) is 17.8. The monoisotopic (exact) mass is 388 g/mol. The SMILES string of the molecule is CC12C=CC3(CCC4C(C)(COC(=O)CCC(=O)O)CCCC4(C)C3CC1)C2. The third-order valence-corrected chi connectivity index (χ3v) is 9.15. The molecule has 6 atom stereocenters. The van der Waals surface area contributed by atoms with E-state index in [-0.39, 0.29) is 24.2 Å². The number of hydrogen-bond acceptors (Lipinski definition) is 3. The summed E-state index contributed by atoms with van der Waals surface area (Å²) in [5, 5.41) is 8.78. The van der Waals surface area contributed by atoms with Crippen molar-refractivity contribution in [2.45, 2.75) is 85.0 Å². The van der Waals surface area contributed by atoms with Crippen LogP contribution in [0.5, 0.6) is 0 Å². The standard InChI is InChI=1S/C24H36O4/c1-21-11-7-18-23(3)10-4-9-22(2,16-28-20(27)6-5-19(25)26)17(23)8-12-24(18,15-21)14-13-21/h13-14,17-18H,4-12,15-16H2,1-3H3,(H,25,26). The number of aliphatic carboxylic acids is 1. The molecule has 1 spiro atoms. The number of ether oxygens (including phenoxy) is 1. The summed E-state index contributed by atoms with van der Waals surface area (Å²) in [5.74, 6) is 0.0122. The molecule has 0 heterocycles. The van der Waals surface area contributed by atoms with E-state index in [4.69, 9.17) is 9.84 Å². The van der Waals surface area contributed by atoms with Crippen molar-refractivity contribution >= 4 is 11.9 Å². The Kier molecular flexibility index (Phi) is 4.71. The van der Waals surface area contributed by atoms with Crippen LogP contribution in [0.3, 0.4) is 0 Å². The fourth-order valence-corrected chi connectivity index (χ4v) is 7.97. The number of allylic oxidation sites excluding steroid dienone is 2. The Morgan fingerprint density at radius 3 is 2.50 bits per heavy atom. The minimum atomic E-state index is -0.945. The summed E-state index contributed by atoms with van der Waals surface area (Å²) in [4.78, 5) is 22.8. The number of carboxylic acid groups (broad SMARTS) is 1. The van der Waals surface area contributed by atoms with Gasteiger partial charge in [-0.1, -0.05) is 39.3 Å². The van der Waals surface area contributed by atoms with E-state index in [1.165, 1.54) is 44.9 Å². The fourth-order valence-electron chi connectivity index (χ4n) is 7.97. The number of rotatable bonds is 5. The minimum absolute atomic E-state index is 0.0105. The highest BCUT2D eigenvalue weighted by Crippen LogP contribution is 2.71. The summed E-state index contributed by atoms with van der Waals surface area (Å²) >= 11 is 0. The van der Waals surface area contributed by atoms with Gasteiger partial charge in [-0.3, -0.25) is 9.59 Å². The number of hydrogen-bond donors (Lipinski definition) is 1. The number of esters is 1. The van der Waals surface area contributed by atoms with Gasteiger partial charge in [0.15, 0.2) is 0 Å². The second kappa shape index (κ2) is 6.60. The molecule has 6 unspecified atom stereocenters. The van der Waals surface area contributed by atoms with E-state index in [9.17, 15) is 9.59 Å². The van der Waals surface area contributed by atoms with E-state index in [1.807, 2.05) is 0 Å². The molecule has 3 fully saturated rings. The van der Waals surface area contributed by atoms with Crippen molar-refractivity contribution < 1.29 is 19.4 Å². The molecular weight excluding hydrogens is 352 g/mol. The molecule has 4 aliphatic rings. The van der Waals surface area contributed by atoms with Gasteiger partial charge in [-0.25, -0.2) is 0 Å². The molecule has 0 aromatic rings. The highest BCUT2D eigenvalue weighted by molar-refractivity contribution is 5.76. The molecule has 4 rings (SSSR count). The second-order valence-corrected chi connectivity index (χ2v) is 11.1. The van der Waals surface area contributed by atoms with Crippen molar-refractivity contribution in [3.63, 3.8) is 0 Å².